The van der Waals surface area contributed by atoms with E-state index >= 15 is 0 Å². The van der Waals surface area contributed by atoms with Crippen molar-refractivity contribution in [1.29, 1.82) is 0 Å². The summed E-state index contributed by atoms with van der Waals surface area (Å²) in [4.78, 5) is 25.2. The Hall–Kier alpha value is -2.06. The molecule has 1 aliphatic rings. The van der Waals surface area contributed by atoms with E-state index < -0.39 is 17.9 Å². The minimum atomic E-state index is -1.10. The summed E-state index contributed by atoms with van der Waals surface area (Å²) in [7, 11) is 0. The average molecular weight is 396 g/mol. The van der Waals surface area contributed by atoms with E-state index in [-0.39, 0.29) is 4.32 Å². The fourth-order valence-electron chi connectivity index (χ4n) is 2.29. The van der Waals surface area contributed by atoms with Crippen LogP contribution in [-0.2, 0) is 9.59 Å². The second-order valence-electron chi connectivity index (χ2n) is 5.55. The Labute approximate surface area is 162 Å². The molecule has 0 spiro atoms. The standard InChI is InChI=1S/C18H21NO5S2/c1-4-8-24-13-7-6-12(9-14(13)23-5-2)10-15-16(20)19(18(25)26-15)11(3)17(21)22/h6-7,9-11H,4-5,8H2,1-3H3,(H,21,22)/b15-10+/t11-/m0/s1. The summed E-state index contributed by atoms with van der Waals surface area (Å²) in [5, 5.41) is 9.14. The Bertz CT molecular complexity index is 747. The number of nitrogens with zero attached hydrogens (tertiary/aromatic N) is 1. The number of carbonyl (C=O) groups excluding carboxylic acids is 1. The van der Waals surface area contributed by atoms with Gasteiger partial charge in [-0.3, -0.25) is 9.69 Å². The summed E-state index contributed by atoms with van der Waals surface area (Å²) < 4.78 is 11.5. The van der Waals surface area contributed by atoms with Crippen molar-refractivity contribution >= 4 is 46.3 Å². The van der Waals surface area contributed by atoms with Gasteiger partial charge in [-0.1, -0.05) is 37.0 Å². The van der Waals surface area contributed by atoms with Crippen LogP contribution in [0.5, 0.6) is 11.5 Å². The zero-order valence-electron chi connectivity index (χ0n) is 14.9. The number of carboxylic acids is 1. The van der Waals surface area contributed by atoms with E-state index in [1.54, 1.807) is 18.2 Å². The van der Waals surface area contributed by atoms with Gasteiger partial charge >= 0.3 is 5.97 Å². The lowest BCUT2D eigenvalue weighted by Gasteiger charge is -2.18. The third-order valence-corrected chi connectivity index (χ3v) is 4.93. The van der Waals surface area contributed by atoms with Crippen molar-refractivity contribution < 1.29 is 24.2 Å². The molecule has 0 bridgehead atoms. The molecule has 8 heteroatoms. The third-order valence-electron chi connectivity index (χ3n) is 3.60. The molecule has 1 aromatic rings. The van der Waals surface area contributed by atoms with Gasteiger partial charge in [0.2, 0.25) is 0 Å². The molecule has 140 valence electrons. The van der Waals surface area contributed by atoms with Gasteiger partial charge in [0, 0.05) is 0 Å². The van der Waals surface area contributed by atoms with Crippen molar-refractivity contribution in [3.05, 3.63) is 28.7 Å². The van der Waals surface area contributed by atoms with Crippen molar-refractivity contribution in [3.63, 3.8) is 0 Å². The van der Waals surface area contributed by atoms with Gasteiger partial charge in [-0.25, -0.2) is 4.79 Å². The molecule has 0 aliphatic carbocycles. The molecule has 2 rings (SSSR count). The van der Waals surface area contributed by atoms with Crippen molar-refractivity contribution in [2.24, 2.45) is 0 Å². The van der Waals surface area contributed by atoms with Gasteiger partial charge in [-0.15, -0.1) is 0 Å². The maximum atomic E-state index is 12.5. The zero-order valence-corrected chi connectivity index (χ0v) is 16.5. The van der Waals surface area contributed by atoms with Crippen molar-refractivity contribution in [2.45, 2.75) is 33.2 Å². The smallest absolute Gasteiger partial charge is 0.326 e. The maximum absolute atomic E-state index is 12.5. The van der Waals surface area contributed by atoms with Crippen LogP contribution >= 0.6 is 24.0 Å². The second-order valence-corrected chi connectivity index (χ2v) is 7.23. The molecule has 1 aliphatic heterocycles. The first-order valence-electron chi connectivity index (χ1n) is 8.28. The molecule has 1 atom stereocenters. The van der Waals surface area contributed by atoms with Crippen LogP contribution in [0.4, 0.5) is 0 Å². The van der Waals surface area contributed by atoms with Gasteiger partial charge in [-0.2, -0.15) is 0 Å². The van der Waals surface area contributed by atoms with Crippen LogP contribution < -0.4 is 9.47 Å². The molecule has 26 heavy (non-hydrogen) atoms. The van der Waals surface area contributed by atoms with Crippen LogP contribution in [0.25, 0.3) is 6.08 Å². The molecule has 0 unspecified atom stereocenters. The second kappa shape index (κ2) is 9.05. The summed E-state index contributed by atoms with van der Waals surface area (Å²) in [6, 6.07) is 4.41. The largest absolute Gasteiger partial charge is 0.490 e. The fourth-order valence-corrected chi connectivity index (χ4v) is 3.71. The Kier molecular flexibility index (Phi) is 7.05. The van der Waals surface area contributed by atoms with Gasteiger partial charge in [-0.05, 0) is 44.0 Å². The number of thiocarbonyl (C=S) groups is 1. The van der Waals surface area contributed by atoms with E-state index in [0.717, 1.165) is 28.6 Å². The molecule has 1 fully saturated rings. The number of rotatable bonds is 8. The van der Waals surface area contributed by atoms with Gasteiger partial charge < -0.3 is 14.6 Å². The molecular formula is C18H21NO5S2. The predicted octanol–water partition coefficient (Wildman–Crippen LogP) is 3.55. The number of benzene rings is 1. The van der Waals surface area contributed by atoms with Crippen LogP contribution in [0.2, 0.25) is 0 Å². The summed E-state index contributed by atoms with van der Waals surface area (Å²) in [5.74, 6) is -0.250. The highest BCUT2D eigenvalue weighted by Gasteiger charge is 2.38. The zero-order chi connectivity index (χ0) is 19.3. The van der Waals surface area contributed by atoms with Crippen LogP contribution in [0.3, 0.4) is 0 Å². The lowest BCUT2D eigenvalue weighted by Crippen LogP contribution is -2.41. The molecule has 0 radical (unpaired) electrons. The first-order valence-corrected chi connectivity index (χ1v) is 9.51. The summed E-state index contributed by atoms with van der Waals surface area (Å²) in [5.41, 5.74) is 0.751. The first kappa shape index (κ1) is 20.3. The van der Waals surface area contributed by atoms with E-state index in [2.05, 4.69) is 0 Å². The van der Waals surface area contributed by atoms with Crippen molar-refractivity contribution in [2.75, 3.05) is 13.2 Å². The minimum Gasteiger partial charge on any atom is -0.490 e. The van der Waals surface area contributed by atoms with Gasteiger partial charge in [0.25, 0.3) is 5.91 Å². The highest BCUT2D eigenvalue weighted by Crippen LogP contribution is 2.35. The minimum absolute atomic E-state index is 0.240. The molecular weight excluding hydrogens is 374 g/mol. The number of aliphatic carboxylic acids is 1. The maximum Gasteiger partial charge on any atom is 0.326 e. The lowest BCUT2D eigenvalue weighted by molar-refractivity contribution is -0.144. The molecule has 0 aromatic heterocycles. The van der Waals surface area contributed by atoms with Crippen LogP contribution in [0.15, 0.2) is 23.1 Å². The molecule has 1 aromatic carbocycles. The Morgan fingerprint density at radius 2 is 2.08 bits per heavy atom. The Morgan fingerprint density at radius 1 is 1.35 bits per heavy atom. The van der Waals surface area contributed by atoms with E-state index in [9.17, 15) is 9.59 Å². The normalized spacial score (nSPS) is 16.9. The molecule has 1 amide bonds. The summed E-state index contributed by atoms with van der Waals surface area (Å²) >= 11 is 6.25. The quantitative estimate of drug-likeness (QED) is 0.533. The number of carboxylic acid groups (broad SMARTS) is 1. The molecule has 0 saturated carbocycles. The third kappa shape index (κ3) is 4.56. The topological polar surface area (TPSA) is 76.1 Å². The van der Waals surface area contributed by atoms with Crippen molar-refractivity contribution in [1.82, 2.24) is 4.90 Å². The van der Waals surface area contributed by atoms with E-state index in [4.69, 9.17) is 26.8 Å². The Balaban J connectivity index is 2.28. The number of amides is 1. The number of thioether (sulfide) groups is 1. The molecule has 1 saturated heterocycles. The van der Waals surface area contributed by atoms with Crippen LogP contribution in [0.1, 0.15) is 32.8 Å². The lowest BCUT2D eigenvalue weighted by atomic mass is 10.1. The highest BCUT2D eigenvalue weighted by atomic mass is 32.2. The predicted molar refractivity (Wildman–Crippen MR) is 106 cm³/mol. The SMILES string of the molecule is CCCOc1ccc(/C=C2/SC(=S)N([C@@H](C)C(=O)O)C2=O)cc1OCC. The monoisotopic (exact) mass is 395 g/mol. The number of hydrogen-bond acceptors (Lipinski definition) is 6. The van der Waals surface area contributed by atoms with Crippen LogP contribution in [-0.4, -0.2) is 45.5 Å². The average Bonchev–Trinajstić information content (AvgIpc) is 2.87. The molecule has 1 N–H and O–H groups in total. The number of hydrogen-bond donors (Lipinski definition) is 1. The summed E-state index contributed by atoms with van der Waals surface area (Å²) in [6.45, 7) is 6.42. The first-order chi connectivity index (χ1) is 12.4. The molecule has 1 heterocycles. The van der Waals surface area contributed by atoms with Gasteiger partial charge in [0.15, 0.2) is 11.5 Å². The van der Waals surface area contributed by atoms with Crippen molar-refractivity contribution in [3.8, 4) is 11.5 Å². The van der Waals surface area contributed by atoms with E-state index in [1.165, 1.54) is 6.92 Å². The van der Waals surface area contributed by atoms with Gasteiger partial charge in [0.1, 0.15) is 10.4 Å². The number of ether oxygens (including phenoxy) is 2. The van der Waals surface area contributed by atoms with E-state index in [0.29, 0.717) is 29.6 Å². The fraction of sp³-hybridized carbons (Fsp3) is 0.389. The molecule has 6 nitrogen and oxygen atoms in total. The Morgan fingerprint density at radius 3 is 2.69 bits per heavy atom. The van der Waals surface area contributed by atoms with Crippen LogP contribution in [0, 0.1) is 0 Å². The van der Waals surface area contributed by atoms with Gasteiger partial charge in [0.05, 0.1) is 18.1 Å². The summed E-state index contributed by atoms with van der Waals surface area (Å²) in [6.07, 6.45) is 2.57. The number of carbonyl (C=O) groups is 2. The highest BCUT2D eigenvalue weighted by molar-refractivity contribution is 8.26. The van der Waals surface area contributed by atoms with E-state index in [1.807, 2.05) is 19.9 Å².